The van der Waals surface area contributed by atoms with Crippen molar-refractivity contribution in [3.63, 3.8) is 0 Å². The summed E-state index contributed by atoms with van der Waals surface area (Å²) >= 11 is 18.4. The number of amides is 2. The van der Waals surface area contributed by atoms with Gasteiger partial charge in [-0.25, -0.2) is 4.99 Å². The molecule has 0 radical (unpaired) electrons. The number of aliphatic imine (C=N–C) groups is 1. The monoisotopic (exact) mass is 423 g/mol. The summed E-state index contributed by atoms with van der Waals surface area (Å²) in [4.78, 5) is 30.6. The van der Waals surface area contributed by atoms with Crippen molar-refractivity contribution in [2.24, 2.45) is 4.99 Å². The smallest absolute Gasteiger partial charge is 0.272 e. The summed E-state index contributed by atoms with van der Waals surface area (Å²) in [6, 6.07) is 12.4. The molecule has 1 N–H and O–H groups in total. The lowest BCUT2D eigenvalue weighted by Gasteiger charge is -2.20. The minimum absolute atomic E-state index is 0.133. The van der Waals surface area contributed by atoms with E-state index in [1.54, 1.807) is 43.4 Å². The van der Waals surface area contributed by atoms with E-state index in [0.29, 0.717) is 27.7 Å². The van der Waals surface area contributed by atoms with E-state index in [1.165, 1.54) is 4.90 Å². The van der Waals surface area contributed by atoms with Gasteiger partial charge in [0.1, 0.15) is 5.17 Å². The number of para-hydroxylation sites is 1. The molecular weight excluding hydrogens is 409 g/mol. The Morgan fingerprint density at radius 1 is 1.15 bits per heavy atom. The number of benzodiazepines with no additional fused rings is 1. The van der Waals surface area contributed by atoms with Crippen LogP contribution < -0.4 is 10.2 Å². The Kier molecular flexibility index (Phi) is 6.05. The van der Waals surface area contributed by atoms with Crippen molar-refractivity contribution in [3.8, 4) is 0 Å². The molecule has 1 aliphatic heterocycles. The minimum atomic E-state index is -1.09. The van der Waals surface area contributed by atoms with Gasteiger partial charge in [-0.2, -0.15) is 0 Å². The number of fused-ring (bicyclic) bond motifs is 1. The third kappa shape index (κ3) is 4.26. The van der Waals surface area contributed by atoms with Crippen LogP contribution in [0.15, 0.2) is 47.5 Å². The Labute approximate surface area is 171 Å². The molecule has 0 aliphatic carbocycles. The van der Waals surface area contributed by atoms with Gasteiger partial charge in [0.05, 0.1) is 15.7 Å². The molecule has 1 unspecified atom stereocenters. The van der Waals surface area contributed by atoms with Crippen molar-refractivity contribution >= 4 is 57.5 Å². The van der Waals surface area contributed by atoms with Gasteiger partial charge < -0.3 is 10.2 Å². The molecule has 27 heavy (non-hydrogen) atoms. The van der Waals surface area contributed by atoms with E-state index in [2.05, 4.69) is 10.3 Å². The van der Waals surface area contributed by atoms with E-state index >= 15 is 0 Å². The summed E-state index contributed by atoms with van der Waals surface area (Å²) in [7, 11) is 1.62. The van der Waals surface area contributed by atoms with Crippen LogP contribution in [0.3, 0.4) is 0 Å². The van der Waals surface area contributed by atoms with Crippen LogP contribution in [0, 0.1) is 0 Å². The molecule has 0 fully saturated rings. The molecule has 2 aromatic carbocycles. The van der Waals surface area contributed by atoms with Gasteiger partial charge in [0.2, 0.25) is 12.1 Å². The normalized spacial score (nSPS) is 16.4. The number of nitrogens with one attached hydrogen (secondary N) is 1. The predicted molar refractivity (Wildman–Crippen MR) is 109 cm³/mol. The molecule has 5 nitrogen and oxygen atoms in total. The van der Waals surface area contributed by atoms with Gasteiger partial charge in [-0.3, -0.25) is 9.59 Å². The molecule has 0 saturated carbocycles. The van der Waals surface area contributed by atoms with Crippen molar-refractivity contribution < 1.29 is 9.59 Å². The number of rotatable bonds is 4. The summed E-state index contributed by atoms with van der Waals surface area (Å²) < 4.78 is 0. The number of likely N-dealkylation sites (N-methyl/N-ethyl adjacent to an activating group) is 1. The number of hydrogen-bond donors (Lipinski definition) is 1. The SMILES string of the molecule is CN1C(=O)C(NC(=O)CCc2cccc(Cl)c2Cl)N=C(Cl)c2ccccc21. The number of hydrogen-bond acceptors (Lipinski definition) is 3. The molecule has 140 valence electrons. The van der Waals surface area contributed by atoms with E-state index in [1.807, 2.05) is 6.07 Å². The quantitative estimate of drug-likeness (QED) is 0.805. The second kappa shape index (κ2) is 8.30. The Morgan fingerprint density at radius 3 is 2.67 bits per heavy atom. The van der Waals surface area contributed by atoms with Crippen LogP contribution >= 0.6 is 34.8 Å². The van der Waals surface area contributed by atoms with E-state index in [4.69, 9.17) is 34.8 Å². The summed E-state index contributed by atoms with van der Waals surface area (Å²) in [5, 5.41) is 3.66. The van der Waals surface area contributed by atoms with Gasteiger partial charge >= 0.3 is 0 Å². The molecule has 0 saturated heterocycles. The van der Waals surface area contributed by atoms with Crippen LogP contribution in [0.2, 0.25) is 10.0 Å². The van der Waals surface area contributed by atoms with Crippen LogP contribution in [0.1, 0.15) is 17.5 Å². The highest BCUT2D eigenvalue weighted by Crippen LogP contribution is 2.27. The summed E-state index contributed by atoms with van der Waals surface area (Å²) in [5.41, 5.74) is 2.04. The highest BCUT2D eigenvalue weighted by molar-refractivity contribution is 6.70. The summed E-state index contributed by atoms with van der Waals surface area (Å²) in [6.07, 6.45) is -0.565. The molecule has 0 aromatic heterocycles. The number of benzene rings is 2. The molecule has 2 amide bonds. The molecule has 1 atom stereocenters. The first-order valence-electron chi connectivity index (χ1n) is 8.21. The summed E-state index contributed by atoms with van der Waals surface area (Å²) in [5.74, 6) is -0.704. The second-order valence-electron chi connectivity index (χ2n) is 6.02. The van der Waals surface area contributed by atoms with Crippen molar-refractivity contribution in [2.75, 3.05) is 11.9 Å². The number of carbonyl (C=O) groups is 2. The van der Waals surface area contributed by atoms with Gasteiger partial charge in [-0.1, -0.05) is 59.1 Å². The summed E-state index contributed by atoms with van der Waals surface area (Å²) in [6.45, 7) is 0. The van der Waals surface area contributed by atoms with Gasteiger partial charge in [0.25, 0.3) is 5.91 Å². The number of carbonyl (C=O) groups excluding carboxylic acids is 2. The van der Waals surface area contributed by atoms with Crippen molar-refractivity contribution in [1.29, 1.82) is 0 Å². The van der Waals surface area contributed by atoms with Crippen LogP contribution in [0.5, 0.6) is 0 Å². The minimum Gasteiger partial charge on any atom is -0.326 e. The van der Waals surface area contributed by atoms with Gasteiger partial charge in [-0.05, 0) is 30.2 Å². The third-order valence-electron chi connectivity index (χ3n) is 4.25. The highest BCUT2D eigenvalue weighted by Gasteiger charge is 2.29. The molecule has 2 aromatic rings. The third-order valence-corrected chi connectivity index (χ3v) is 5.40. The average Bonchev–Trinajstić information content (AvgIpc) is 2.74. The maximum absolute atomic E-state index is 12.7. The molecule has 0 bridgehead atoms. The first-order chi connectivity index (χ1) is 12.9. The fourth-order valence-electron chi connectivity index (χ4n) is 2.79. The standard InChI is InChI=1S/C19H16Cl3N3O2/c1-25-14-8-3-2-6-12(14)17(22)24-18(19(25)27)23-15(26)10-9-11-5-4-7-13(20)16(11)21/h2-8,18H,9-10H2,1H3,(H,23,26). The van der Waals surface area contributed by atoms with Gasteiger partial charge in [-0.15, -0.1) is 0 Å². The molecule has 1 aliphatic rings. The predicted octanol–water partition coefficient (Wildman–Crippen LogP) is 4.03. The molecule has 8 heteroatoms. The van der Waals surface area contributed by atoms with E-state index in [-0.39, 0.29) is 23.4 Å². The lowest BCUT2D eigenvalue weighted by Crippen LogP contribution is -2.46. The van der Waals surface area contributed by atoms with Gasteiger partial charge in [0, 0.05) is 19.0 Å². The van der Waals surface area contributed by atoms with Crippen LogP contribution in [0.4, 0.5) is 5.69 Å². The van der Waals surface area contributed by atoms with E-state index in [0.717, 1.165) is 5.56 Å². The zero-order valence-electron chi connectivity index (χ0n) is 14.4. The van der Waals surface area contributed by atoms with Crippen molar-refractivity contribution in [2.45, 2.75) is 19.0 Å². The number of nitrogens with zero attached hydrogens (tertiary/aromatic N) is 2. The Balaban J connectivity index is 1.72. The topological polar surface area (TPSA) is 61.8 Å². The van der Waals surface area contributed by atoms with Crippen molar-refractivity contribution in [3.05, 3.63) is 63.6 Å². The van der Waals surface area contributed by atoms with Gasteiger partial charge in [0.15, 0.2) is 0 Å². The molecule has 0 spiro atoms. The number of aryl methyl sites for hydroxylation is 1. The lowest BCUT2D eigenvalue weighted by atomic mass is 10.1. The zero-order chi connectivity index (χ0) is 19.6. The maximum atomic E-state index is 12.7. The Hall–Kier alpha value is -2.08. The van der Waals surface area contributed by atoms with Crippen LogP contribution in [-0.4, -0.2) is 30.2 Å². The first-order valence-corrected chi connectivity index (χ1v) is 9.34. The fourth-order valence-corrected chi connectivity index (χ4v) is 3.46. The van der Waals surface area contributed by atoms with Crippen molar-refractivity contribution in [1.82, 2.24) is 5.32 Å². The average molecular weight is 425 g/mol. The van der Waals surface area contributed by atoms with Crippen LogP contribution in [-0.2, 0) is 16.0 Å². The second-order valence-corrected chi connectivity index (χ2v) is 7.16. The largest absolute Gasteiger partial charge is 0.326 e. The zero-order valence-corrected chi connectivity index (χ0v) is 16.6. The highest BCUT2D eigenvalue weighted by atomic mass is 35.5. The lowest BCUT2D eigenvalue weighted by molar-refractivity contribution is -0.127. The first kappa shape index (κ1) is 19.7. The number of anilines is 1. The van der Waals surface area contributed by atoms with E-state index < -0.39 is 6.17 Å². The molecule has 1 heterocycles. The Bertz CT molecular complexity index is 930. The molecular formula is C19H16Cl3N3O2. The number of halogens is 3. The Morgan fingerprint density at radius 2 is 1.89 bits per heavy atom. The van der Waals surface area contributed by atoms with Crippen LogP contribution in [0.25, 0.3) is 0 Å². The molecule has 3 rings (SSSR count). The maximum Gasteiger partial charge on any atom is 0.272 e. The van der Waals surface area contributed by atoms with E-state index in [9.17, 15) is 9.59 Å². The fraction of sp³-hybridized carbons (Fsp3) is 0.211.